The summed E-state index contributed by atoms with van der Waals surface area (Å²) in [6, 6.07) is 9.81. The number of amides is 1. The molecule has 0 bridgehead atoms. The Morgan fingerprint density at radius 2 is 2.19 bits per heavy atom. The lowest BCUT2D eigenvalue weighted by atomic mass is 9.82. The largest absolute Gasteiger partial charge is 0.381 e. The zero-order valence-corrected chi connectivity index (χ0v) is 18.6. The Labute approximate surface area is 192 Å². The van der Waals surface area contributed by atoms with Crippen molar-refractivity contribution in [3.05, 3.63) is 35.5 Å². The molecule has 2 fully saturated rings. The molecule has 0 aromatic carbocycles. The summed E-state index contributed by atoms with van der Waals surface area (Å²) in [5.74, 6) is 1.01. The number of anilines is 2. The fourth-order valence-electron chi connectivity index (χ4n) is 4.04. The molecule has 0 spiro atoms. The maximum absolute atomic E-state index is 12.6. The van der Waals surface area contributed by atoms with E-state index in [1.165, 1.54) is 6.20 Å². The highest BCUT2D eigenvalue weighted by Crippen LogP contribution is 2.31. The van der Waals surface area contributed by atoms with Crippen LogP contribution >= 0.6 is 11.6 Å². The van der Waals surface area contributed by atoms with Crippen LogP contribution in [0.2, 0.25) is 5.02 Å². The number of rotatable bonds is 6. The predicted octanol–water partition coefficient (Wildman–Crippen LogP) is 3.47. The first-order chi connectivity index (χ1) is 15.6. The minimum Gasteiger partial charge on any atom is -0.381 e. The first-order valence-corrected chi connectivity index (χ1v) is 11.3. The van der Waals surface area contributed by atoms with Crippen LogP contribution in [0.25, 0.3) is 11.3 Å². The third-order valence-electron chi connectivity index (χ3n) is 6.09. The molecule has 8 nitrogen and oxygen atoms in total. The number of halogens is 1. The Kier molecular flexibility index (Phi) is 7.20. The molecular formula is C23H27ClN6O2. The lowest BCUT2D eigenvalue weighted by Gasteiger charge is -2.30. The Bertz CT molecular complexity index is 996. The molecule has 2 aromatic heterocycles. The highest BCUT2D eigenvalue weighted by atomic mass is 35.5. The van der Waals surface area contributed by atoms with Gasteiger partial charge in [0.05, 0.1) is 28.1 Å². The maximum Gasteiger partial charge on any atom is 0.229 e. The molecule has 1 atom stereocenters. The quantitative estimate of drug-likeness (QED) is 0.612. The maximum atomic E-state index is 12.6. The van der Waals surface area contributed by atoms with E-state index in [4.69, 9.17) is 16.3 Å². The standard InChI is InChI=1S/C23H27ClN6O2/c24-18-13-27-21(30-22(31)16-3-2-8-26-12-16)11-17(18)19-4-1-5-20(29-19)28-15-23(14-25)6-9-32-10-7-23/h1,4-5,11,13,16,26H,2-3,6-10,12,15H2,(H,28,29)(H,27,30,31)/t16-/m1/s1. The van der Waals surface area contributed by atoms with Crippen molar-refractivity contribution in [1.82, 2.24) is 15.3 Å². The van der Waals surface area contributed by atoms with Gasteiger partial charge in [-0.1, -0.05) is 17.7 Å². The molecule has 2 aliphatic heterocycles. The van der Waals surface area contributed by atoms with Gasteiger partial charge in [-0.3, -0.25) is 4.79 Å². The number of ether oxygens (including phenoxy) is 1. The normalized spacial score (nSPS) is 20.2. The molecule has 168 valence electrons. The van der Waals surface area contributed by atoms with E-state index in [0.717, 1.165) is 19.4 Å². The molecule has 1 amide bonds. The molecule has 3 N–H and O–H groups in total. The number of hydrogen-bond donors (Lipinski definition) is 3. The van der Waals surface area contributed by atoms with Crippen LogP contribution < -0.4 is 16.0 Å². The third-order valence-corrected chi connectivity index (χ3v) is 6.40. The summed E-state index contributed by atoms with van der Waals surface area (Å²) in [4.78, 5) is 21.5. The van der Waals surface area contributed by atoms with Crippen LogP contribution in [0.15, 0.2) is 30.5 Å². The van der Waals surface area contributed by atoms with Crippen molar-refractivity contribution in [1.29, 1.82) is 5.26 Å². The van der Waals surface area contributed by atoms with Gasteiger partial charge < -0.3 is 20.7 Å². The minimum atomic E-state index is -0.449. The Balaban J connectivity index is 1.48. The first kappa shape index (κ1) is 22.5. The van der Waals surface area contributed by atoms with E-state index >= 15 is 0 Å². The lowest BCUT2D eigenvalue weighted by molar-refractivity contribution is -0.120. The van der Waals surface area contributed by atoms with Crippen LogP contribution in [-0.4, -0.2) is 48.7 Å². The fourth-order valence-corrected chi connectivity index (χ4v) is 4.24. The van der Waals surface area contributed by atoms with Gasteiger partial charge in [0.2, 0.25) is 5.91 Å². The predicted molar refractivity (Wildman–Crippen MR) is 123 cm³/mol. The molecule has 0 aliphatic carbocycles. The zero-order valence-electron chi connectivity index (χ0n) is 17.9. The molecule has 2 saturated heterocycles. The topological polar surface area (TPSA) is 112 Å². The Hall–Kier alpha value is -2.73. The van der Waals surface area contributed by atoms with Gasteiger partial charge in [-0.2, -0.15) is 5.26 Å². The van der Waals surface area contributed by atoms with Gasteiger partial charge in [-0.25, -0.2) is 9.97 Å². The average molecular weight is 455 g/mol. The summed E-state index contributed by atoms with van der Waals surface area (Å²) in [7, 11) is 0. The van der Waals surface area contributed by atoms with Gasteiger partial charge in [0, 0.05) is 38.1 Å². The van der Waals surface area contributed by atoms with Gasteiger partial charge in [-0.15, -0.1) is 0 Å². The summed E-state index contributed by atoms with van der Waals surface area (Å²) in [6.07, 6.45) is 4.78. The number of carbonyl (C=O) groups excluding carboxylic acids is 1. The van der Waals surface area contributed by atoms with E-state index in [0.29, 0.717) is 67.1 Å². The van der Waals surface area contributed by atoms with Gasteiger partial charge >= 0.3 is 0 Å². The highest BCUT2D eigenvalue weighted by Gasteiger charge is 2.32. The van der Waals surface area contributed by atoms with Crippen molar-refractivity contribution in [2.24, 2.45) is 11.3 Å². The van der Waals surface area contributed by atoms with Crippen LogP contribution in [0.5, 0.6) is 0 Å². The molecular weight excluding hydrogens is 428 g/mol. The zero-order chi connectivity index (χ0) is 22.4. The Morgan fingerprint density at radius 3 is 2.94 bits per heavy atom. The summed E-state index contributed by atoms with van der Waals surface area (Å²) < 4.78 is 5.40. The molecule has 4 heterocycles. The number of nitrogens with zero attached hydrogens (tertiary/aromatic N) is 3. The molecule has 9 heteroatoms. The highest BCUT2D eigenvalue weighted by molar-refractivity contribution is 6.33. The molecule has 2 aliphatic rings. The molecule has 0 saturated carbocycles. The summed E-state index contributed by atoms with van der Waals surface area (Å²) in [5, 5.41) is 19.6. The van der Waals surface area contributed by atoms with Crippen LogP contribution in [0.4, 0.5) is 11.6 Å². The van der Waals surface area contributed by atoms with Gasteiger partial charge in [-0.05, 0) is 50.4 Å². The van der Waals surface area contributed by atoms with Crippen LogP contribution in [-0.2, 0) is 9.53 Å². The second kappa shape index (κ2) is 10.3. The van der Waals surface area contributed by atoms with Crippen molar-refractivity contribution in [3.8, 4) is 17.3 Å². The number of piperidine rings is 1. The van der Waals surface area contributed by atoms with Gasteiger partial charge in [0.15, 0.2) is 0 Å². The minimum absolute atomic E-state index is 0.0420. The van der Waals surface area contributed by atoms with E-state index in [1.54, 1.807) is 6.07 Å². The van der Waals surface area contributed by atoms with Gasteiger partial charge in [0.1, 0.15) is 11.6 Å². The average Bonchev–Trinajstić information content (AvgIpc) is 2.85. The SMILES string of the molecule is N#CC1(CNc2cccc(-c3cc(NC(=O)[C@@H]4CCCNC4)ncc3Cl)n2)CCOCC1. The van der Waals surface area contributed by atoms with E-state index in [9.17, 15) is 10.1 Å². The van der Waals surface area contributed by atoms with Crippen LogP contribution in [0.3, 0.4) is 0 Å². The number of carbonyl (C=O) groups is 1. The van der Waals surface area contributed by atoms with E-state index in [-0.39, 0.29) is 11.8 Å². The molecule has 2 aromatic rings. The van der Waals surface area contributed by atoms with E-state index in [1.807, 2.05) is 18.2 Å². The summed E-state index contributed by atoms with van der Waals surface area (Å²) >= 11 is 6.41. The van der Waals surface area contributed by atoms with Crippen molar-refractivity contribution < 1.29 is 9.53 Å². The van der Waals surface area contributed by atoms with E-state index < -0.39 is 5.41 Å². The monoisotopic (exact) mass is 454 g/mol. The first-order valence-electron chi connectivity index (χ1n) is 11.0. The second-order valence-corrected chi connectivity index (χ2v) is 8.76. The van der Waals surface area contributed by atoms with Gasteiger partial charge in [0.25, 0.3) is 0 Å². The third kappa shape index (κ3) is 5.36. The fraction of sp³-hybridized carbons (Fsp3) is 0.478. The van der Waals surface area contributed by atoms with Crippen LogP contribution in [0, 0.1) is 22.7 Å². The van der Waals surface area contributed by atoms with Crippen molar-refractivity contribution in [2.45, 2.75) is 25.7 Å². The van der Waals surface area contributed by atoms with Crippen molar-refractivity contribution in [3.63, 3.8) is 0 Å². The number of pyridine rings is 2. The second-order valence-electron chi connectivity index (χ2n) is 8.35. The summed E-state index contributed by atoms with van der Waals surface area (Å²) in [5.41, 5.74) is 0.897. The Morgan fingerprint density at radius 1 is 1.34 bits per heavy atom. The van der Waals surface area contributed by atoms with E-state index in [2.05, 4.69) is 32.0 Å². The lowest BCUT2D eigenvalue weighted by Crippen LogP contribution is -2.37. The van der Waals surface area contributed by atoms with Crippen LogP contribution in [0.1, 0.15) is 25.7 Å². The number of hydrogen-bond acceptors (Lipinski definition) is 7. The summed E-state index contributed by atoms with van der Waals surface area (Å²) in [6.45, 7) is 3.33. The molecule has 0 radical (unpaired) electrons. The van der Waals surface area contributed by atoms with Crippen molar-refractivity contribution >= 4 is 29.1 Å². The smallest absolute Gasteiger partial charge is 0.229 e. The number of nitriles is 1. The molecule has 4 rings (SSSR count). The number of aromatic nitrogens is 2. The van der Waals surface area contributed by atoms with Crippen molar-refractivity contribution in [2.75, 3.05) is 43.5 Å². The number of nitrogens with one attached hydrogen (secondary N) is 3. The molecule has 32 heavy (non-hydrogen) atoms. The molecule has 0 unspecified atom stereocenters.